The molecule has 1 atom stereocenters. The number of unbranched alkanes of at least 4 members (excludes halogenated alkanes) is 9. The fourth-order valence-electron chi connectivity index (χ4n) is 4.00. The van der Waals surface area contributed by atoms with Crippen molar-refractivity contribution >= 4 is 18.0 Å². The van der Waals surface area contributed by atoms with Crippen molar-refractivity contribution in [1.82, 2.24) is 0 Å². The highest BCUT2D eigenvalue weighted by Crippen LogP contribution is 2.23. The highest BCUT2D eigenvalue weighted by molar-refractivity contribution is 5.85. The summed E-state index contributed by atoms with van der Waals surface area (Å²) in [7, 11) is 1.55. The SMILES string of the molecule is COc1ccccc1C=CC(=O)O.O=C(O)CCCCCCCCCCCCC1C=CCC1. The lowest BCUT2D eigenvalue weighted by Crippen LogP contribution is -1.93. The summed E-state index contributed by atoms with van der Waals surface area (Å²) >= 11 is 0. The van der Waals surface area contributed by atoms with Gasteiger partial charge in [-0.05, 0) is 43.7 Å². The highest BCUT2D eigenvalue weighted by atomic mass is 16.5. The van der Waals surface area contributed by atoms with E-state index in [0.717, 1.165) is 30.4 Å². The molecule has 5 heteroatoms. The fourth-order valence-corrected chi connectivity index (χ4v) is 4.00. The van der Waals surface area contributed by atoms with Crippen LogP contribution in [0.25, 0.3) is 6.08 Å². The second kappa shape index (κ2) is 19.0. The standard InChI is InChI=1S/C18H32O2.C10H10O3/c19-18(20)16-10-8-6-4-2-1-3-5-7-9-13-17-14-11-12-15-17;1-13-9-5-3-2-4-8(9)6-7-10(11)12/h11,14,17H,1-10,12-13,15-16H2,(H,19,20);2-7H,1H3,(H,11,12). The van der Waals surface area contributed by atoms with E-state index < -0.39 is 11.9 Å². The van der Waals surface area contributed by atoms with E-state index in [-0.39, 0.29) is 0 Å². The minimum absolute atomic E-state index is 0.343. The summed E-state index contributed by atoms with van der Waals surface area (Å²) in [6, 6.07) is 7.22. The Morgan fingerprint density at radius 1 is 0.939 bits per heavy atom. The summed E-state index contributed by atoms with van der Waals surface area (Å²) < 4.78 is 5.03. The molecule has 2 N–H and O–H groups in total. The Hall–Kier alpha value is -2.56. The van der Waals surface area contributed by atoms with Crippen molar-refractivity contribution < 1.29 is 24.5 Å². The molecule has 0 saturated carbocycles. The predicted octanol–water partition coefficient (Wildman–Crippen LogP) is 7.51. The third-order valence-electron chi connectivity index (χ3n) is 5.87. The smallest absolute Gasteiger partial charge is 0.328 e. The summed E-state index contributed by atoms with van der Waals surface area (Å²) in [6.45, 7) is 0. The Balaban J connectivity index is 0.000000361. The number of carboxylic acids is 2. The first-order chi connectivity index (χ1) is 16.0. The summed E-state index contributed by atoms with van der Waals surface area (Å²) in [6.07, 6.45) is 24.5. The molecular formula is C28H42O5. The van der Waals surface area contributed by atoms with E-state index in [1.54, 1.807) is 19.2 Å². The maximum Gasteiger partial charge on any atom is 0.328 e. The van der Waals surface area contributed by atoms with Gasteiger partial charge in [-0.25, -0.2) is 4.79 Å². The number of carbonyl (C=O) groups is 2. The zero-order valence-electron chi connectivity index (χ0n) is 20.2. The van der Waals surface area contributed by atoms with E-state index in [0.29, 0.717) is 12.2 Å². The lowest BCUT2D eigenvalue weighted by atomic mass is 9.99. The average Bonchev–Trinajstić information content (AvgIpc) is 3.32. The first-order valence-electron chi connectivity index (χ1n) is 12.5. The van der Waals surface area contributed by atoms with Gasteiger partial charge < -0.3 is 14.9 Å². The van der Waals surface area contributed by atoms with Gasteiger partial charge in [0.2, 0.25) is 0 Å². The van der Waals surface area contributed by atoms with Gasteiger partial charge in [-0.3, -0.25) is 4.79 Å². The van der Waals surface area contributed by atoms with Crippen molar-refractivity contribution in [2.75, 3.05) is 7.11 Å². The average molecular weight is 459 g/mol. The van der Waals surface area contributed by atoms with Crippen molar-refractivity contribution in [2.24, 2.45) is 5.92 Å². The van der Waals surface area contributed by atoms with Crippen LogP contribution in [-0.4, -0.2) is 29.3 Å². The van der Waals surface area contributed by atoms with Gasteiger partial charge in [-0.15, -0.1) is 0 Å². The number of benzene rings is 1. The highest BCUT2D eigenvalue weighted by Gasteiger charge is 2.07. The molecule has 1 aromatic carbocycles. The molecule has 0 aromatic heterocycles. The van der Waals surface area contributed by atoms with Gasteiger partial charge >= 0.3 is 11.9 Å². The van der Waals surface area contributed by atoms with Gasteiger partial charge in [-0.2, -0.15) is 0 Å². The molecule has 1 unspecified atom stereocenters. The van der Waals surface area contributed by atoms with Crippen LogP contribution in [0.3, 0.4) is 0 Å². The Morgan fingerprint density at radius 3 is 2.09 bits per heavy atom. The normalized spacial score (nSPS) is 14.8. The zero-order chi connectivity index (χ0) is 24.2. The monoisotopic (exact) mass is 458 g/mol. The van der Waals surface area contributed by atoms with Crippen molar-refractivity contribution in [3.8, 4) is 5.75 Å². The lowest BCUT2D eigenvalue weighted by Gasteiger charge is -2.06. The van der Waals surface area contributed by atoms with Crippen molar-refractivity contribution in [1.29, 1.82) is 0 Å². The van der Waals surface area contributed by atoms with Crippen LogP contribution in [0.15, 0.2) is 42.5 Å². The van der Waals surface area contributed by atoms with Crippen LogP contribution in [0.4, 0.5) is 0 Å². The molecule has 0 amide bonds. The van der Waals surface area contributed by atoms with Crippen molar-refractivity contribution in [2.45, 2.75) is 89.9 Å². The third-order valence-corrected chi connectivity index (χ3v) is 5.87. The van der Waals surface area contributed by atoms with Gasteiger partial charge in [-0.1, -0.05) is 88.1 Å². The molecule has 1 aliphatic rings. The van der Waals surface area contributed by atoms with E-state index >= 15 is 0 Å². The van der Waals surface area contributed by atoms with Crippen LogP contribution >= 0.6 is 0 Å². The maximum atomic E-state index is 10.3. The predicted molar refractivity (Wildman–Crippen MR) is 135 cm³/mol. The van der Waals surface area contributed by atoms with Crippen molar-refractivity contribution in [3.05, 3.63) is 48.1 Å². The molecular weight excluding hydrogens is 416 g/mol. The molecule has 0 radical (unpaired) electrons. The Labute approximate surface area is 199 Å². The van der Waals surface area contributed by atoms with Crippen LogP contribution in [0.5, 0.6) is 5.75 Å². The first-order valence-corrected chi connectivity index (χ1v) is 12.5. The van der Waals surface area contributed by atoms with Crippen LogP contribution in [-0.2, 0) is 9.59 Å². The van der Waals surface area contributed by atoms with Gasteiger partial charge in [0.25, 0.3) is 0 Å². The van der Waals surface area contributed by atoms with E-state index in [2.05, 4.69) is 12.2 Å². The van der Waals surface area contributed by atoms with E-state index in [4.69, 9.17) is 14.9 Å². The van der Waals surface area contributed by atoms with Gasteiger partial charge in [0.1, 0.15) is 5.75 Å². The minimum Gasteiger partial charge on any atom is -0.496 e. The number of rotatable bonds is 16. The summed E-state index contributed by atoms with van der Waals surface area (Å²) in [5.41, 5.74) is 0.757. The Morgan fingerprint density at radius 2 is 1.55 bits per heavy atom. The Bertz CT molecular complexity index is 723. The molecule has 5 nitrogen and oxygen atoms in total. The lowest BCUT2D eigenvalue weighted by molar-refractivity contribution is -0.137. The largest absolute Gasteiger partial charge is 0.496 e. The number of allylic oxidation sites excluding steroid dienone is 2. The third kappa shape index (κ3) is 15.8. The number of carboxylic acid groups (broad SMARTS) is 2. The molecule has 0 fully saturated rings. The zero-order valence-corrected chi connectivity index (χ0v) is 20.2. The molecule has 1 aromatic rings. The summed E-state index contributed by atoms with van der Waals surface area (Å²) in [5.74, 6) is -0.0650. The minimum atomic E-state index is -0.967. The molecule has 33 heavy (non-hydrogen) atoms. The number of ether oxygens (including phenoxy) is 1. The van der Waals surface area contributed by atoms with Crippen molar-refractivity contribution in [3.63, 3.8) is 0 Å². The Kier molecular flexibility index (Phi) is 16.4. The van der Waals surface area contributed by atoms with E-state index in [1.165, 1.54) is 76.7 Å². The van der Waals surface area contributed by atoms with Crippen LogP contribution in [0, 0.1) is 5.92 Å². The molecule has 184 valence electrons. The molecule has 0 saturated heterocycles. The van der Waals surface area contributed by atoms with E-state index in [9.17, 15) is 9.59 Å². The molecule has 0 aliphatic heterocycles. The fraction of sp³-hybridized carbons (Fsp3) is 0.571. The molecule has 0 bridgehead atoms. The first kappa shape index (κ1) is 28.5. The number of para-hydroxylation sites is 1. The molecule has 0 heterocycles. The van der Waals surface area contributed by atoms with E-state index in [1.807, 2.05) is 12.1 Å². The number of methoxy groups -OCH3 is 1. The maximum absolute atomic E-state index is 10.3. The van der Waals surface area contributed by atoms with Crippen LogP contribution in [0.1, 0.15) is 95.5 Å². The van der Waals surface area contributed by atoms with Crippen LogP contribution in [0.2, 0.25) is 0 Å². The van der Waals surface area contributed by atoms with Gasteiger partial charge in [0.05, 0.1) is 7.11 Å². The number of aliphatic carboxylic acids is 2. The summed E-state index contributed by atoms with van der Waals surface area (Å²) in [5, 5.41) is 16.9. The topological polar surface area (TPSA) is 83.8 Å². The molecule has 0 spiro atoms. The van der Waals surface area contributed by atoms with Gasteiger partial charge in [0, 0.05) is 18.1 Å². The number of hydrogen-bond donors (Lipinski definition) is 2. The quantitative estimate of drug-likeness (QED) is 0.152. The second-order valence-corrected chi connectivity index (χ2v) is 8.65. The second-order valence-electron chi connectivity index (χ2n) is 8.65. The van der Waals surface area contributed by atoms with Gasteiger partial charge in [0.15, 0.2) is 0 Å². The molecule has 2 rings (SSSR count). The molecule has 1 aliphatic carbocycles. The number of hydrogen-bond acceptors (Lipinski definition) is 3. The van der Waals surface area contributed by atoms with Crippen LogP contribution < -0.4 is 4.74 Å². The summed E-state index contributed by atoms with van der Waals surface area (Å²) in [4.78, 5) is 20.6.